The van der Waals surface area contributed by atoms with Gasteiger partial charge in [0.25, 0.3) is 6.47 Å². The zero-order valence-corrected chi connectivity index (χ0v) is 19.8. The Morgan fingerprint density at radius 2 is 1.76 bits per heavy atom. The van der Waals surface area contributed by atoms with Crippen LogP contribution in [0.25, 0.3) is 11.3 Å². The zero-order chi connectivity index (χ0) is 24.8. The first kappa shape index (κ1) is 24.8. The zero-order valence-electron chi connectivity index (χ0n) is 19.8. The molecule has 2 aromatic heterocycles. The minimum absolute atomic E-state index is 0.0319. The first-order valence-electron chi connectivity index (χ1n) is 10.9. The normalized spacial score (nSPS) is 16.6. The summed E-state index contributed by atoms with van der Waals surface area (Å²) in [6.07, 6.45) is 7.00. The second kappa shape index (κ2) is 10.4. The number of piperidine rings is 1. The number of rotatable bonds is 5. The number of phenols is 1. The Bertz CT molecular complexity index is 1070. The molecule has 1 fully saturated rings. The van der Waals surface area contributed by atoms with E-state index in [-0.39, 0.29) is 29.3 Å². The second-order valence-electron chi connectivity index (χ2n) is 9.51. The Morgan fingerprint density at radius 1 is 1.06 bits per heavy atom. The summed E-state index contributed by atoms with van der Waals surface area (Å²) in [4.78, 5) is 16.9. The molecule has 10 heteroatoms. The largest absolute Gasteiger partial charge is 0.507 e. The lowest BCUT2D eigenvalue weighted by Crippen LogP contribution is -2.60. The standard InChI is InChI=1S/C23H29N7O.CH2O2/c1-22(2)11-17(12-23(3,4)30-22)27-21-25-14-19(28-29-21)18-8-7-15(10-20(18)31)26-16-6-5-9-24-13-16;2-1-3/h5-10,13-14,17,26,30-31H,11-12H2,1-4H3,(H,25,27,29);1H,(H,2,3). The molecule has 0 atom stereocenters. The summed E-state index contributed by atoms with van der Waals surface area (Å²) in [6, 6.07) is 9.32. The van der Waals surface area contributed by atoms with Crippen LogP contribution in [0, 0.1) is 0 Å². The maximum Gasteiger partial charge on any atom is 0.290 e. The molecule has 10 nitrogen and oxygen atoms in total. The number of benzene rings is 1. The number of hydrogen-bond acceptors (Lipinski definition) is 9. The fourth-order valence-corrected chi connectivity index (χ4v) is 4.50. The number of nitrogens with one attached hydrogen (secondary N) is 3. The van der Waals surface area contributed by atoms with Gasteiger partial charge >= 0.3 is 0 Å². The molecule has 1 aliphatic rings. The van der Waals surface area contributed by atoms with E-state index in [0.717, 1.165) is 24.2 Å². The predicted molar refractivity (Wildman–Crippen MR) is 131 cm³/mol. The smallest absolute Gasteiger partial charge is 0.290 e. The van der Waals surface area contributed by atoms with Gasteiger partial charge in [0.15, 0.2) is 0 Å². The van der Waals surface area contributed by atoms with Crippen molar-refractivity contribution >= 4 is 23.8 Å². The van der Waals surface area contributed by atoms with Gasteiger partial charge in [-0.1, -0.05) is 0 Å². The van der Waals surface area contributed by atoms with Crippen molar-refractivity contribution in [2.24, 2.45) is 0 Å². The molecular weight excluding hydrogens is 434 g/mol. The van der Waals surface area contributed by atoms with Gasteiger partial charge in [-0.25, -0.2) is 4.98 Å². The molecule has 180 valence electrons. The molecule has 4 rings (SSSR count). The number of nitrogens with zero attached hydrogens (tertiary/aromatic N) is 4. The molecule has 5 N–H and O–H groups in total. The minimum Gasteiger partial charge on any atom is -0.507 e. The van der Waals surface area contributed by atoms with Crippen molar-refractivity contribution in [1.82, 2.24) is 25.5 Å². The van der Waals surface area contributed by atoms with E-state index in [1.54, 1.807) is 30.7 Å². The number of pyridine rings is 1. The third-order valence-electron chi connectivity index (χ3n) is 5.31. The number of aromatic nitrogens is 4. The minimum atomic E-state index is -0.250. The van der Waals surface area contributed by atoms with Crippen LogP contribution in [0.15, 0.2) is 48.9 Å². The molecule has 0 spiro atoms. The summed E-state index contributed by atoms with van der Waals surface area (Å²) >= 11 is 0. The van der Waals surface area contributed by atoms with Crippen molar-refractivity contribution in [1.29, 1.82) is 0 Å². The maximum atomic E-state index is 10.5. The third-order valence-corrected chi connectivity index (χ3v) is 5.31. The maximum absolute atomic E-state index is 10.5. The lowest BCUT2D eigenvalue weighted by atomic mass is 9.80. The quantitative estimate of drug-likeness (QED) is 0.353. The summed E-state index contributed by atoms with van der Waals surface area (Å²) in [6.45, 7) is 8.58. The highest BCUT2D eigenvalue weighted by molar-refractivity contribution is 5.71. The van der Waals surface area contributed by atoms with Gasteiger partial charge in [-0.2, -0.15) is 0 Å². The van der Waals surface area contributed by atoms with Crippen LogP contribution in [-0.4, -0.2) is 54.0 Å². The van der Waals surface area contributed by atoms with Gasteiger partial charge in [-0.3, -0.25) is 9.78 Å². The highest BCUT2D eigenvalue weighted by Crippen LogP contribution is 2.32. The third kappa shape index (κ3) is 6.85. The molecule has 0 unspecified atom stereocenters. The molecule has 1 saturated heterocycles. The van der Waals surface area contributed by atoms with Crippen LogP contribution in [0.4, 0.5) is 17.3 Å². The van der Waals surface area contributed by atoms with Crippen LogP contribution in [0.3, 0.4) is 0 Å². The van der Waals surface area contributed by atoms with Crippen molar-refractivity contribution in [2.75, 3.05) is 10.6 Å². The number of anilines is 3. The topological polar surface area (TPSA) is 145 Å². The first-order chi connectivity index (χ1) is 16.1. The number of carbonyl (C=O) groups is 1. The number of carboxylic acid groups (broad SMARTS) is 1. The van der Waals surface area contributed by atoms with Gasteiger partial charge in [0.1, 0.15) is 11.4 Å². The van der Waals surface area contributed by atoms with Crippen molar-refractivity contribution in [3.8, 4) is 17.0 Å². The summed E-state index contributed by atoms with van der Waals surface area (Å²) in [5.41, 5.74) is 2.75. The number of phenolic OH excluding ortho intramolecular Hbond substituents is 1. The van der Waals surface area contributed by atoms with E-state index in [4.69, 9.17) is 9.90 Å². The molecule has 1 aliphatic heterocycles. The van der Waals surface area contributed by atoms with E-state index in [9.17, 15) is 5.11 Å². The molecule has 0 aliphatic carbocycles. The fraction of sp³-hybridized carbons (Fsp3) is 0.375. The molecule has 0 radical (unpaired) electrons. The molecule has 3 aromatic rings. The highest BCUT2D eigenvalue weighted by atomic mass is 16.3. The van der Waals surface area contributed by atoms with Gasteiger partial charge in [0.05, 0.1) is 18.1 Å². The second-order valence-corrected chi connectivity index (χ2v) is 9.51. The molecule has 34 heavy (non-hydrogen) atoms. The highest BCUT2D eigenvalue weighted by Gasteiger charge is 2.37. The van der Waals surface area contributed by atoms with Gasteiger partial charge in [-0.05, 0) is 64.8 Å². The molecular formula is C24H31N7O3. The summed E-state index contributed by atoms with van der Waals surface area (Å²) in [7, 11) is 0. The average molecular weight is 466 g/mol. The van der Waals surface area contributed by atoms with E-state index in [0.29, 0.717) is 17.2 Å². The molecule has 3 heterocycles. The number of hydrogen-bond donors (Lipinski definition) is 5. The Morgan fingerprint density at radius 3 is 2.32 bits per heavy atom. The molecule has 1 aromatic carbocycles. The first-order valence-corrected chi connectivity index (χ1v) is 10.9. The Labute approximate surface area is 198 Å². The summed E-state index contributed by atoms with van der Waals surface area (Å²) in [5.74, 6) is 0.601. The molecule has 0 amide bonds. The Kier molecular flexibility index (Phi) is 7.62. The van der Waals surface area contributed by atoms with Gasteiger partial charge in [0, 0.05) is 40.6 Å². The van der Waals surface area contributed by atoms with Crippen LogP contribution < -0.4 is 16.0 Å². The average Bonchev–Trinajstić information content (AvgIpc) is 2.74. The van der Waals surface area contributed by atoms with Crippen molar-refractivity contribution < 1.29 is 15.0 Å². The SMILES string of the molecule is CC1(C)CC(Nc2ncc(-c3ccc(Nc4cccnc4)cc3O)nn2)CC(C)(C)N1.O=CO. The Balaban J connectivity index is 0.00000103. The van der Waals surface area contributed by atoms with Gasteiger partial charge in [-0.15, -0.1) is 10.2 Å². The van der Waals surface area contributed by atoms with Crippen LogP contribution in [-0.2, 0) is 4.79 Å². The van der Waals surface area contributed by atoms with Crippen LogP contribution in [0.5, 0.6) is 5.75 Å². The summed E-state index contributed by atoms with van der Waals surface area (Å²) in [5, 5.41) is 36.2. The fourth-order valence-electron chi connectivity index (χ4n) is 4.50. The lowest BCUT2D eigenvalue weighted by molar-refractivity contribution is -0.122. The van der Waals surface area contributed by atoms with E-state index in [1.165, 1.54) is 0 Å². The van der Waals surface area contributed by atoms with Crippen molar-refractivity contribution in [3.05, 3.63) is 48.9 Å². The van der Waals surface area contributed by atoms with Crippen LogP contribution in [0.1, 0.15) is 40.5 Å². The van der Waals surface area contributed by atoms with Crippen molar-refractivity contribution in [2.45, 2.75) is 57.7 Å². The Hall–Kier alpha value is -3.79. The predicted octanol–water partition coefficient (Wildman–Crippen LogP) is 3.80. The lowest BCUT2D eigenvalue weighted by Gasteiger charge is -2.46. The summed E-state index contributed by atoms with van der Waals surface area (Å²) < 4.78 is 0. The van der Waals surface area contributed by atoms with E-state index in [2.05, 4.69) is 63.8 Å². The number of aromatic hydroxyl groups is 1. The van der Waals surface area contributed by atoms with Gasteiger partial charge < -0.3 is 26.2 Å². The van der Waals surface area contributed by atoms with E-state index < -0.39 is 0 Å². The molecule has 0 bridgehead atoms. The monoisotopic (exact) mass is 465 g/mol. The van der Waals surface area contributed by atoms with Gasteiger partial charge in [0.2, 0.25) is 5.95 Å². The van der Waals surface area contributed by atoms with E-state index >= 15 is 0 Å². The van der Waals surface area contributed by atoms with Crippen LogP contribution in [0.2, 0.25) is 0 Å². The van der Waals surface area contributed by atoms with Crippen molar-refractivity contribution in [3.63, 3.8) is 0 Å². The van der Waals surface area contributed by atoms with E-state index in [1.807, 2.05) is 18.2 Å². The molecule has 0 saturated carbocycles. The van der Waals surface area contributed by atoms with Crippen LogP contribution >= 0.6 is 0 Å².